The third kappa shape index (κ3) is 10.1. The van der Waals surface area contributed by atoms with Crippen molar-refractivity contribution in [1.29, 1.82) is 0 Å². The molecule has 0 aliphatic heterocycles. The molecule has 3 fully saturated rings. The number of methoxy groups -OCH3 is 1. The molecule has 0 amide bonds. The van der Waals surface area contributed by atoms with Crippen molar-refractivity contribution < 1.29 is 42.2 Å². The van der Waals surface area contributed by atoms with Crippen molar-refractivity contribution in [1.82, 2.24) is 0 Å². The third-order valence-corrected chi connectivity index (χ3v) is 13.7. The second-order valence-corrected chi connectivity index (χ2v) is 17.0. The van der Waals surface area contributed by atoms with Crippen molar-refractivity contribution in [3.63, 3.8) is 0 Å². The molecule has 0 aromatic carbocycles. The molecule has 0 aromatic rings. The summed E-state index contributed by atoms with van der Waals surface area (Å²) in [6.07, 6.45) is 18.2. The van der Waals surface area contributed by atoms with Gasteiger partial charge >= 0.3 is 13.8 Å². The van der Waals surface area contributed by atoms with Gasteiger partial charge in [0.15, 0.2) is 6.61 Å². The molecule has 1 N–H and O–H groups in total. The van der Waals surface area contributed by atoms with Crippen LogP contribution in [0, 0.1) is 46.3 Å². The van der Waals surface area contributed by atoms with E-state index >= 15 is 0 Å². The molecule has 4 aliphatic carbocycles. The van der Waals surface area contributed by atoms with Gasteiger partial charge in [0.25, 0.3) is 0 Å². The van der Waals surface area contributed by atoms with Crippen LogP contribution < -0.4 is 0 Å². The van der Waals surface area contributed by atoms with Gasteiger partial charge < -0.3 is 23.8 Å². The predicted molar refractivity (Wildman–Crippen MR) is 183 cm³/mol. The van der Waals surface area contributed by atoms with E-state index in [0.717, 1.165) is 55.0 Å². The lowest BCUT2D eigenvalue weighted by Gasteiger charge is -2.58. The van der Waals surface area contributed by atoms with Gasteiger partial charge in [-0.1, -0.05) is 58.6 Å². The van der Waals surface area contributed by atoms with E-state index in [-0.39, 0.29) is 25.9 Å². The maximum atomic E-state index is 11.9. The second-order valence-electron chi connectivity index (χ2n) is 15.5. The number of phosphoric ester groups is 1. The summed E-state index contributed by atoms with van der Waals surface area (Å²) in [4.78, 5) is 21.0. The number of hydrogen-bond acceptors (Lipinski definition) is 8. The van der Waals surface area contributed by atoms with E-state index in [1.54, 1.807) is 12.5 Å². The van der Waals surface area contributed by atoms with Gasteiger partial charge in [-0.25, -0.2) is 9.36 Å². The highest BCUT2D eigenvalue weighted by molar-refractivity contribution is 7.47. The zero-order valence-corrected chi connectivity index (χ0v) is 31.1. The second kappa shape index (κ2) is 17.9. The minimum atomic E-state index is -4.33. The van der Waals surface area contributed by atoms with E-state index in [1.807, 2.05) is 7.11 Å². The fourth-order valence-corrected chi connectivity index (χ4v) is 10.8. The monoisotopic (exact) mass is 684 g/mol. The van der Waals surface area contributed by atoms with E-state index in [1.165, 1.54) is 64.2 Å². The van der Waals surface area contributed by atoms with Crippen LogP contribution in [0.1, 0.15) is 112 Å². The number of ether oxygens (including phenoxy) is 4. The largest absolute Gasteiger partial charge is 0.472 e. The van der Waals surface area contributed by atoms with E-state index in [4.69, 9.17) is 18.7 Å². The van der Waals surface area contributed by atoms with Gasteiger partial charge in [0, 0.05) is 13.7 Å². The Labute approximate surface area is 284 Å². The average Bonchev–Trinajstić information content (AvgIpc) is 3.40. The Morgan fingerprint density at radius 2 is 1.77 bits per heavy atom. The number of fused-ring (bicyclic) bond motifs is 5. The molecule has 10 atom stereocenters. The molecular formula is C37H65O9P. The lowest BCUT2D eigenvalue weighted by Crippen LogP contribution is -2.51. The van der Waals surface area contributed by atoms with E-state index in [2.05, 4.69) is 43.0 Å². The van der Waals surface area contributed by atoms with Gasteiger partial charge in [-0.05, 0) is 111 Å². The molecule has 272 valence electrons. The van der Waals surface area contributed by atoms with E-state index in [9.17, 15) is 14.3 Å². The molecule has 0 radical (unpaired) electrons. The molecule has 4 rings (SSSR count). The maximum absolute atomic E-state index is 11.9. The van der Waals surface area contributed by atoms with Crippen molar-refractivity contribution >= 4 is 13.8 Å². The molecule has 9 nitrogen and oxygen atoms in total. The van der Waals surface area contributed by atoms with Crippen molar-refractivity contribution in [3.05, 3.63) is 11.6 Å². The zero-order chi connectivity index (χ0) is 34.1. The Hall–Kier alpha value is -0.800. The molecular weight excluding hydrogens is 619 g/mol. The maximum Gasteiger partial charge on any atom is 0.472 e. The summed E-state index contributed by atoms with van der Waals surface area (Å²) in [5.41, 5.74) is 2.42. The number of carbonyl (C=O) groups excluding carboxylic acids is 1. The number of rotatable bonds is 20. The van der Waals surface area contributed by atoms with E-state index < -0.39 is 20.4 Å². The number of carbonyl (C=O) groups is 1. The predicted octanol–water partition coefficient (Wildman–Crippen LogP) is 8.14. The smallest absolute Gasteiger partial charge is 0.464 e. The average molecular weight is 685 g/mol. The summed E-state index contributed by atoms with van der Waals surface area (Å²) >= 11 is 0. The fraction of sp³-hybridized carbons (Fsp3) is 0.919. The Kier molecular flexibility index (Phi) is 14.9. The SMILES string of the molecule is CCOC(=O)COP(=O)(O)OCCOCCO[C@H]1CC[C@@]2(C)C(=CC[C@H]3[C@@H]4CC[C@H]([C@H](C)CCCC(C)CCOC)[C@@]4(C)CC[C@@H]32)C1. The topological polar surface area (TPSA) is 110 Å². The van der Waals surface area contributed by atoms with Gasteiger partial charge in [-0.15, -0.1) is 0 Å². The third-order valence-electron chi connectivity index (χ3n) is 12.7. The van der Waals surface area contributed by atoms with Crippen LogP contribution in [-0.2, 0) is 37.4 Å². The molecule has 0 bridgehead atoms. The summed E-state index contributed by atoms with van der Waals surface area (Å²) in [6.45, 7) is 13.1. The number of allylic oxidation sites excluding steroid dienone is 1. The highest BCUT2D eigenvalue weighted by Crippen LogP contribution is 2.67. The van der Waals surface area contributed by atoms with Gasteiger partial charge in [0.1, 0.15) is 0 Å². The van der Waals surface area contributed by atoms with Gasteiger partial charge in [0.05, 0.1) is 39.1 Å². The molecule has 0 aromatic heterocycles. The highest BCUT2D eigenvalue weighted by atomic mass is 31.2. The van der Waals surface area contributed by atoms with Gasteiger partial charge in [-0.2, -0.15) is 0 Å². The number of hydrogen-bond donors (Lipinski definition) is 1. The summed E-state index contributed by atoms with van der Waals surface area (Å²) < 4.78 is 43.1. The summed E-state index contributed by atoms with van der Waals surface area (Å²) in [7, 11) is -2.52. The van der Waals surface area contributed by atoms with Crippen LogP contribution >= 0.6 is 7.82 Å². The summed E-state index contributed by atoms with van der Waals surface area (Å²) in [5.74, 6) is 4.22. The Balaban J connectivity index is 1.18. The van der Waals surface area contributed by atoms with Crippen LogP contribution in [0.15, 0.2) is 11.6 Å². The molecule has 2 unspecified atom stereocenters. The first-order chi connectivity index (χ1) is 22.4. The normalized spacial score (nSPS) is 34.4. The van der Waals surface area contributed by atoms with Crippen LogP contribution in [-0.4, -0.2) is 70.3 Å². The molecule has 47 heavy (non-hydrogen) atoms. The molecule has 0 spiro atoms. The first-order valence-corrected chi connectivity index (χ1v) is 20.1. The van der Waals surface area contributed by atoms with E-state index in [0.29, 0.717) is 24.0 Å². The molecule has 10 heteroatoms. The van der Waals surface area contributed by atoms with Crippen LogP contribution in [0.2, 0.25) is 0 Å². The first-order valence-electron chi connectivity index (χ1n) is 18.6. The summed E-state index contributed by atoms with van der Waals surface area (Å²) in [5, 5.41) is 0. The fourth-order valence-electron chi connectivity index (χ4n) is 10.2. The van der Waals surface area contributed by atoms with Crippen molar-refractivity contribution in [2.75, 3.05) is 53.4 Å². The van der Waals surface area contributed by atoms with Crippen molar-refractivity contribution in [2.45, 2.75) is 118 Å². The molecule has 4 aliphatic rings. The number of esters is 1. The molecule has 0 saturated heterocycles. The van der Waals surface area contributed by atoms with Crippen LogP contribution in [0.25, 0.3) is 0 Å². The number of phosphoric acid groups is 1. The lowest BCUT2D eigenvalue weighted by atomic mass is 9.47. The van der Waals surface area contributed by atoms with Gasteiger partial charge in [0.2, 0.25) is 0 Å². The standard InChI is InChI=1S/C37H65O9P/c1-7-43-35(38)26-46-47(39,40)45-24-22-42-21-23-44-30-15-18-36(4)29(25-30)11-12-31-33-14-13-32(37(33,5)19-16-34(31)36)28(3)10-8-9-27(2)17-20-41-6/h11,27-28,30-34H,7-10,12-26H2,1-6H3,(H,39,40)/t27?,28-,30+,31+,32-,33+,34+,36+,37-/m1/s1. The Morgan fingerprint density at radius 1 is 0.979 bits per heavy atom. The molecule has 3 saturated carbocycles. The van der Waals surface area contributed by atoms with Crippen LogP contribution in [0.4, 0.5) is 0 Å². The Morgan fingerprint density at radius 3 is 2.53 bits per heavy atom. The minimum Gasteiger partial charge on any atom is -0.464 e. The van der Waals surface area contributed by atoms with Gasteiger partial charge in [-0.3, -0.25) is 9.05 Å². The summed E-state index contributed by atoms with van der Waals surface area (Å²) in [6, 6.07) is 0. The lowest BCUT2D eigenvalue weighted by molar-refractivity contribution is -0.146. The zero-order valence-electron chi connectivity index (χ0n) is 30.2. The van der Waals surface area contributed by atoms with Crippen LogP contribution in [0.5, 0.6) is 0 Å². The highest BCUT2D eigenvalue weighted by Gasteiger charge is 2.59. The quantitative estimate of drug-likeness (QED) is 0.0588. The van der Waals surface area contributed by atoms with Crippen molar-refractivity contribution in [3.8, 4) is 0 Å². The Bertz CT molecular complexity index is 1070. The first kappa shape index (κ1) is 39.0. The van der Waals surface area contributed by atoms with Crippen molar-refractivity contribution in [2.24, 2.45) is 46.3 Å². The van der Waals surface area contributed by atoms with Crippen LogP contribution in [0.3, 0.4) is 0 Å². The molecule has 0 heterocycles. The minimum absolute atomic E-state index is 0.123.